The first kappa shape index (κ1) is 34.8. The Morgan fingerprint density at radius 3 is 2.06 bits per heavy atom. The van der Waals surface area contributed by atoms with E-state index in [0.29, 0.717) is 18.8 Å². The first-order chi connectivity index (χ1) is 22.3. The van der Waals surface area contributed by atoms with E-state index in [1.54, 1.807) is 30.3 Å². The molecule has 0 aromatic heterocycles. The number of aromatic hydroxyl groups is 1. The minimum absolute atomic E-state index is 0.0995. The van der Waals surface area contributed by atoms with Crippen LogP contribution in [0.4, 0.5) is 0 Å². The molecule has 262 valence electrons. The molecule has 0 unspecified atom stereocenters. The lowest BCUT2D eigenvalue weighted by Crippen LogP contribution is -2.66. The average molecular weight is 661 g/mol. The number of carbonyl (C=O) groups is 3. The van der Waals surface area contributed by atoms with Gasteiger partial charge in [-0.2, -0.15) is 0 Å². The third-order valence-corrected chi connectivity index (χ3v) is 14.5. The minimum atomic E-state index is -0.695. The summed E-state index contributed by atoms with van der Waals surface area (Å²) in [7, 11) is 0. The molecule has 0 aliphatic heterocycles. The van der Waals surface area contributed by atoms with Gasteiger partial charge in [-0.15, -0.1) is 0 Å². The number of phenolic OH excluding ortho intramolecular Hbond substituents is 1. The summed E-state index contributed by atoms with van der Waals surface area (Å²) in [6.07, 6.45) is 12.0. The SMILES string of the molecule is CC(=O)O[C@@H]1C[C@]2(C)[C@H]3CC[C@]4(C)C(=CC[C@@]5(C(=O)O)CCC(C)(C)C[C@H]54)[C@]3(C)CC[C@H]2C(C)(C)[C@@H]1OC(=O)/C=C\c1ccc(O)cc1. The third kappa shape index (κ3) is 5.33. The maximum Gasteiger partial charge on any atom is 0.331 e. The van der Waals surface area contributed by atoms with Crippen LogP contribution in [0.2, 0.25) is 0 Å². The molecule has 9 atom stereocenters. The highest BCUT2D eigenvalue weighted by atomic mass is 16.6. The number of hydrogen-bond donors (Lipinski definition) is 2. The molecule has 1 aromatic rings. The van der Waals surface area contributed by atoms with Crippen LogP contribution in [-0.2, 0) is 23.9 Å². The predicted molar refractivity (Wildman–Crippen MR) is 185 cm³/mol. The molecule has 48 heavy (non-hydrogen) atoms. The summed E-state index contributed by atoms with van der Waals surface area (Å²) in [6.45, 7) is 17.6. The summed E-state index contributed by atoms with van der Waals surface area (Å²) in [4.78, 5) is 38.9. The Bertz CT molecular complexity index is 1540. The molecule has 4 fully saturated rings. The minimum Gasteiger partial charge on any atom is -0.508 e. The number of carbonyl (C=O) groups excluding carboxylic acids is 2. The zero-order chi connectivity index (χ0) is 35.1. The van der Waals surface area contributed by atoms with Crippen molar-refractivity contribution < 1.29 is 34.1 Å². The van der Waals surface area contributed by atoms with Crippen LogP contribution in [-0.4, -0.2) is 40.3 Å². The van der Waals surface area contributed by atoms with E-state index >= 15 is 0 Å². The molecule has 0 saturated heterocycles. The smallest absolute Gasteiger partial charge is 0.331 e. The van der Waals surface area contributed by atoms with E-state index < -0.39 is 35.0 Å². The second-order valence-electron chi connectivity index (χ2n) is 18.2. The summed E-state index contributed by atoms with van der Waals surface area (Å²) < 4.78 is 12.3. The van der Waals surface area contributed by atoms with Gasteiger partial charge in [0.1, 0.15) is 18.0 Å². The Morgan fingerprint density at radius 1 is 0.812 bits per heavy atom. The van der Waals surface area contributed by atoms with Gasteiger partial charge in [0.25, 0.3) is 0 Å². The van der Waals surface area contributed by atoms with Crippen LogP contribution in [0.5, 0.6) is 5.75 Å². The number of ether oxygens (including phenoxy) is 2. The van der Waals surface area contributed by atoms with E-state index in [1.165, 1.54) is 18.6 Å². The van der Waals surface area contributed by atoms with Crippen LogP contribution >= 0.6 is 0 Å². The molecule has 0 radical (unpaired) electrons. The number of rotatable bonds is 5. The first-order valence-corrected chi connectivity index (χ1v) is 18.1. The Balaban J connectivity index is 1.33. The van der Waals surface area contributed by atoms with Gasteiger partial charge in [-0.1, -0.05) is 72.2 Å². The molecule has 2 N–H and O–H groups in total. The number of esters is 2. The normalized spacial score (nSPS) is 41.1. The number of benzene rings is 1. The van der Waals surface area contributed by atoms with Crippen LogP contribution < -0.4 is 0 Å². The van der Waals surface area contributed by atoms with Crippen molar-refractivity contribution >= 4 is 24.0 Å². The van der Waals surface area contributed by atoms with Crippen molar-refractivity contribution in [1.29, 1.82) is 0 Å². The van der Waals surface area contributed by atoms with Gasteiger partial charge < -0.3 is 19.7 Å². The highest BCUT2D eigenvalue weighted by Crippen LogP contribution is 2.75. The van der Waals surface area contributed by atoms with Gasteiger partial charge in [-0.3, -0.25) is 9.59 Å². The molecule has 7 heteroatoms. The third-order valence-electron chi connectivity index (χ3n) is 14.5. The van der Waals surface area contributed by atoms with Crippen molar-refractivity contribution in [1.82, 2.24) is 0 Å². The van der Waals surface area contributed by atoms with Crippen LogP contribution in [0, 0.1) is 50.2 Å². The van der Waals surface area contributed by atoms with Gasteiger partial charge in [0.2, 0.25) is 0 Å². The van der Waals surface area contributed by atoms with Gasteiger partial charge in [-0.25, -0.2) is 4.79 Å². The predicted octanol–water partition coefficient (Wildman–Crippen LogP) is 8.75. The van der Waals surface area contributed by atoms with Crippen molar-refractivity contribution in [3.05, 3.63) is 47.6 Å². The number of phenols is 1. The van der Waals surface area contributed by atoms with Crippen molar-refractivity contribution in [2.75, 3.05) is 0 Å². The quantitative estimate of drug-likeness (QED) is 0.185. The van der Waals surface area contributed by atoms with E-state index in [0.717, 1.165) is 50.5 Å². The fourth-order valence-electron chi connectivity index (χ4n) is 12.4. The summed E-state index contributed by atoms with van der Waals surface area (Å²) in [6, 6.07) is 6.59. The van der Waals surface area contributed by atoms with Crippen molar-refractivity contribution in [3.8, 4) is 5.75 Å². The maximum absolute atomic E-state index is 13.3. The summed E-state index contributed by atoms with van der Waals surface area (Å²) >= 11 is 0. The standard InChI is InChI=1S/C41H56O7/c1-25(42)47-28-23-40(8)29(37(4,5)34(28)48-33(44)14-11-26-9-12-27(43)13-10-26)15-18-38(6)30-17-20-41(35(45)46)22-21-36(2,3)24-32(41)39(30,7)19-16-31(38)40/h9-14,17,28-29,31-32,34,43H,15-16,18-24H2,1-8H3,(H,45,46)/b14-11-/t28-,29+,31+,32+,34-,38+,39-,40+,41-/m1/s1. The molecule has 0 heterocycles. The van der Waals surface area contributed by atoms with Crippen molar-refractivity contribution in [2.45, 2.75) is 125 Å². The van der Waals surface area contributed by atoms with E-state index in [1.807, 2.05) is 0 Å². The number of carboxylic acids is 1. The summed E-state index contributed by atoms with van der Waals surface area (Å²) in [5.41, 5.74) is 0.733. The Morgan fingerprint density at radius 2 is 1.44 bits per heavy atom. The Kier molecular flexibility index (Phi) is 8.32. The number of fused-ring (bicyclic) bond motifs is 7. The molecule has 1 aromatic carbocycles. The summed E-state index contributed by atoms with van der Waals surface area (Å²) in [5, 5.41) is 20.3. The average Bonchev–Trinajstić information content (AvgIpc) is 2.98. The van der Waals surface area contributed by atoms with Gasteiger partial charge >= 0.3 is 17.9 Å². The van der Waals surface area contributed by atoms with Crippen LogP contribution in [0.25, 0.3) is 6.08 Å². The molecular formula is C41H56O7. The van der Waals surface area contributed by atoms with E-state index in [9.17, 15) is 24.6 Å². The lowest BCUT2D eigenvalue weighted by molar-refractivity contribution is -0.234. The topological polar surface area (TPSA) is 110 Å². The zero-order valence-electron chi connectivity index (χ0n) is 30.2. The van der Waals surface area contributed by atoms with E-state index in [4.69, 9.17) is 9.47 Å². The number of hydrogen-bond acceptors (Lipinski definition) is 6. The Labute approximate surface area is 286 Å². The summed E-state index contributed by atoms with van der Waals surface area (Å²) in [5.74, 6) is -0.685. The second-order valence-corrected chi connectivity index (χ2v) is 18.2. The maximum atomic E-state index is 13.3. The molecule has 7 nitrogen and oxygen atoms in total. The molecule has 0 spiro atoms. The van der Waals surface area contributed by atoms with Crippen LogP contribution in [0.3, 0.4) is 0 Å². The van der Waals surface area contributed by atoms with Crippen molar-refractivity contribution in [2.24, 2.45) is 50.2 Å². The lowest BCUT2D eigenvalue weighted by Gasteiger charge is -2.70. The fraction of sp³-hybridized carbons (Fsp3) is 0.683. The number of carboxylic acid groups (broad SMARTS) is 1. The van der Waals surface area contributed by atoms with Gasteiger partial charge in [-0.05, 0) is 121 Å². The van der Waals surface area contributed by atoms with Gasteiger partial charge in [0.05, 0.1) is 5.41 Å². The molecule has 4 saturated carbocycles. The molecule has 0 amide bonds. The van der Waals surface area contributed by atoms with Crippen LogP contribution in [0.1, 0.15) is 119 Å². The molecular weight excluding hydrogens is 604 g/mol. The highest BCUT2D eigenvalue weighted by Gasteiger charge is 2.70. The monoisotopic (exact) mass is 660 g/mol. The first-order valence-electron chi connectivity index (χ1n) is 18.1. The highest BCUT2D eigenvalue weighted by molar-refractivity contribution is 5.87. The Hall–Kier alpha value is -3.09. The van der Waals surface area contributed by atoms with E-state index in [2.05, 4.69) is 54.5 Å². The fourth-order valence-corrected chi connectivity index (χ4v) is 12.4. The molecule has 5 aliphatic carbocycles. The second kappa shape index (κ2) is 11.5. The number of aliphatic carboxylic acids is 1. The zero-order valence-corrected chi connectivity index (χ0v) is 30.2. The largest absolute Gasteiger partial charge is 0.508 e. The van der Waals surface area contributed by atoms with E-state index in [-0.39, 0.29) is 45.2 Å². The molecule has 5 aliphatic rings. The number of allylic oxidation sites excluding steroid dienone is 2. The van der Waals surface area contributed by atoms with Gasteiger partial charge in [0, 0.05) is 18.4 Å². The molecule has 6 rings (SSSR count). The van der Waals surface area contributed by atoms with Crippen molar-refractivity contribution in [3.63, 3.8) is 0 Å². The van der Waals surface area contributed by atoms with Gasteiger partial charge in [0.15, 0.2) is 0 Å². The molecule has 0 bridgehead atoms. The lowest BCUT2D eigenvalue weighted by atomic mass is 9.34. The van der Waals surface area contributed by atoms with Crippen LogP contribution in [0.15, 0.2) is 42.0 Å².